The van der Waals surface area contributed by atoms with Crippen molar-refractivity contribution in [1.29, 1.82) is 0 Å². The van der Waals surface area contributed by atoms with Crippen molar-refractivity contribution in [3.8, 4) is 0 Å². The first-order valence-electron chi connectivity index (χ1n) is 7.06. The van der Waals surface area contributed by atoms with Gasteiger partial charge in [0.2, 0.25) is 0 Å². The Balaban J connectivity index is 2.92. The predicted octanol–water partition coefficient (Wildman–Crippen LogP) is 3.52. The van der Waals surface area contributed by atoms with Crippen LogP contribution in [0.25, 0.3) is 0 Å². The molecule has 0 aromatic carbocycles. The predicted molar refractivity (Wildman–Crippen MR) is 81.9 cm³/mol. The van der Waals surface area contributed by atoms with Crippen molar-refractivity contribution >= 4 is 11.8 Å². The van der Waals surface area contributed by atoms with Gasteiger partial charge in [-0.2, -0.15) is 0 Å². The highest BCUT2D eigenvalue weighted by molar-refractivity contribution is 5.83. The van der Waals surface area contributed by atoms with Crippen molar-refractivity contribution < 1.29 is 9.53 Å². The Labute approximate surface area is 121 Å². The zero-order valence-electron chi connectivity index (χ0n) is 13.4. The zero-order valence-corrected chi connectivity index (χ0v) is 13.4. The second-order valence-electron chi connectivity index (χ2n) is 6.38. The average molecular weight is 278 g/mol. The number of nitrogens with one attached hydrogen (secondary N) is 1. The molecule has 4 heteroatoms. The van der Waals surface area contributed by atoms with Crippen LogP contribution in [0.3, 0.4) is 0 Å². The van der Waals surface area contributed by atoms with E-state index in [0.717, 1.165) is 6.42 Å². The number of esters is 1. The summed E-state index contributed by atoms with van der Waals surface area (Å²) in [6, 6.07) is 3.95. The van der Waals surface area contributed by atoms with Crippen molar-refractivity contribution in [2.45, 2.75) is 58.4 Å². The number of carbonyl (C=O) groups is 1. The molecule has 0 fully saturated rings. The number of rotatable bonds is 5. The molecule has 1 aromatic rings. The number of hydrogen-bond donors (Lipinski definition) is 1. The van der Waals surface area contributed by atoms with E-state index in [1.807, 2.05) is 32.2 Å². The molecular formula is C16H26N2O2. The fraction of sp³-hybridized carbons (Fsp3) is 0.625. The zero-order chi connectivity index (χ0) is 15.4. The lowest BCUT2D eigenvalue weighted by molar-refractivity contribution is -0.145. The van der Waals surface area contributed by atoms with Crippen molar-refractivity contribution in [3.05, 3.63) is 23.9 Å². The molecule has 1 rings (SSSR count). The number of anilines is 1. The van der Waals surface area contributed by atoms with Crippen LogP contribution >= 0.6 is 0 Å². The van der Waals surface area contributed by atoms with E-state index in [2.05, 4.69) is 31.1 Å². The van der Waals surface area contributed by atoms with Crippen LogP contribution in [0.2, 0.25) is 0 Å². The third-order valence-electron chi connectivity index (χ3n) is 3.42. The lowest BCUT2D eigenvalue weighted by atomic mass is 9.88. The van der Waals surface area contributed by atoms with E-state index in [1.54, 1.807) is 0 Å². The molecule has 1 heterocycles. The Morgan fingerprint density at radius 3 is 2.35 bits per heavy atom. The fourth-order valence-corrected chi connectivity index (χ4v) is 2.13. The van der Waals surface area contributed by atoms with Crippen LogP contribution in [0.15, 0.2) is 18.3 Å². The number of carbonyl (C=O) groups excluding carboxylic acids is 1. The van der Waals surface area contributed by atoms with Gasteiger partial charge in [0.05, 0.1) is 7.11 Å². The van der Waals surface area contributed by atoms with Crippen LogP contribution in [-0.2, 0) is 14.9 Å². The maximum atomic E-state index is 11.9. The Kier molecular flexibility index (Phi) is 5.15. The SMILES string of the molecule is CCCC(C)(Nc1ccc(C(C)(C)C)cn1)C(=O)OC. The molecule has 0 aliphatic rings. The van der Waals surface area contributed by atoms with E-state index < -0.39 is 5.54 Å². The summed E-state index contributed by atoms with van der Waals surface area (Å²) < 4.78 is 4.89. The summed E-state index contributed by atoms with van der Waals surface area (Å²) in [7, 11) is 1.41. The van der Waals surface area contributed by atoms with Crippen LogP contribution in [-0.4, -0.2) is 23.6 Å². The number of nitrogens with zero attached hydrogens (tertiary/aromatic N) is 1. The third kappa shape index (κ3) is 3.95. The van der Waals surface area contributed by atoms with Crippen LogP contribution in [0.1, 0.15) is 53.0 Å². The minimum Gasteiger partial charge on any atom is -0.467 e. The normalized spacial score (nSPS) is 14.5. The second kappa shape index (κ2) is 6.25. The van der Waals surface area contributed by atoms with E-state index in [-0.39, 0.29) is 11.4 Å². The Bertz CT molecular complexity index is 449. The summed E-state index contributed by atoms with van der Waals surface area (Å²) in [5.41, 5.74) is 0.499. The molecule has 20 heavy (non-hydrogen) atoms. The summed E-state index contributed by atoms with van der Waals surface area (Å²) in [6.45, 7) is 10.3. The van der Waals surface area contributed by atoms with E-state index >= 15 is 0 Å². The first-order chi connectivity index (χ1) is 9.23. The van der Waals surface area contributed by atoms with Gasteiger partial charge in [-0.05, 0) is 30.4 Å². The first-order valence-corrected chi connectivity index (χ1v) is 7.06. The van der Waals surface area contributed by atoms with E-state index in [1.165, 1.54) is 12.7 Å². The van der Waals surface area contributed by atoms with Crippen molar-refractivity contribution in [3.63, 3.8) is 0 Å². The van der Waals surface area contributed by atoms with Crippen molar-refractivity contribution in [2.24, 2.45) is 0 Å². The van der Waals surface area contributed by atoms with E-state index in [9.17, 15) is 4.79 Å². The molecule has 0 saturated carbocycles. The van der Waals surface area contributed by atoms with Gasteiger partial charge in [-0.25, -0.2) is 9.78 Å². The van der Waals surface area contributed by atoms with Gasteiger partial charge in [0.25, 0.3) is 0 Å². The van der Waals surface area contributed by atoms with Crippen LogP contribution in [0.5, 0.6) is 0 Å². The van der Waals surface area contributed by atoms with Crippen LogP contribution in [0.4, 0.5) is 5.82 Å². The lowest BCUT2D eigenvalue weighted by Crippen LogP contribution is -2.44. The summed E-state index contributed by atoms with van der Waals surface area (Å²) in [4.78, 5) is 16.4. The molecular weight excluding hydrogens is 252 g/mol. The highest BCUT2D eigenvalue weighted by Crippen LogP contribution is 2.24. The summed E-state index contributed by atoms with van der Waals surface area (Å²) in [5.74, 6) is 0.431. The highest BCUT2D eigenvalue weighted by Gasteiger charge is 2.33. The molecule has 0 bridgehead atoms. The standard InChI is InChI=1S/C16H26N2O2/c1-7-10-16(5,14(19)20-6)18-13-9-8-12(11-17-13)15(2,3)4/h8-9,11H,7,10H2,1-6H3,(H,17,18). The molecule has 0 radical (unpaired) electrons. The molecule has 0 amide bonds. The van der Waals surface area contributed by atoms with Crippen LogP contribution < -0.4 is 5.32 Å². The molecule has 1 atom stereocenters. The molecule has 1 unspecified atom stereocenters. The highest BCUT2D eigenvalue weighted by atomic mass is 16.5. The molecule has 0 saturated heterocycles. The number of methoxy groups -OCH3 is 1. The van der Waals surface area contributed by atoms with Gasteiger partial charge in [-0.15, -0.1) is 0 Å². The first kappa shape index (κ1) is 16.5. The molecule has 1 aromatic heterocycles. The largest absolute Gasteiger partial charge is 0.467 e. The number of hydrogen-bond acceptors (Lipinski definition) is 4. The van der Waals surface area contributed by atoms with Crippen molar-refractivity contribution in [2.75, 3.05) is 12.4 Å². The Morgan fingerprint density at radius 1 is 1.30 bits per heavy atom. The molecule has 0 aliphatic carbocycles. The average Bonchev–Trinajstić information content (AvgIpc) is 2.37. The topological polar surface area (TPSA) is 51.2 Å². The van der Waals surface area contributed by atoms with Gasteiger partial charge >= 0.3 is 5.97 Å². The second-order valence-corrected chi connectivity index (χ2v) is 6.38. The van der Waals surface area contributed by atoms with Gasteiger partial charge in [0.15, 0.2) is 0 Å². The molecule has 0 spiro atoms. The van der Waals surface area contributed by atoms with Gasteiger partial charge in [-0.3, -0.25) is 0 Å². The molecule has 112 valence electrons. The lowest BCUT2D eigenvalue weighted by Gasteiger charge is -2.28. The smallest absolute Gasteiger partial charge is 0.331 e. The summed E-state index contributed by atoms with van der Waals surface area (Å²) in [5, 5.41) is 3.20. The van der Waals surface area contributed by atoms with Gasteiger partial charge < -0.3 is 10.1 Å². The van der Waals surface area contributed by atoms with E-state index in [4.69, 9.17) is 4.74 Å². The van der Waals surface area contributed by atoms with Gasteiger partial charge in [-0.1, -0.05) is 40.2 Å². The minimum atomic E-state index is -0.736. The minimum absolute atomic E-state index is 0.0700. The maximum Gasteiger partial charge on any atom is 0.331 e. The number of pyridine rings is 1. The molecule has 4 nitrogen and oxygen atoms in total. The maximum absolute atomic E-state index is 11.9. The van der Waals surface area contributed by atoms with Gasteiger partial charge in [0.1, 0.15) is 11.4 Å². The van der Waals surface area contributed by atoms with E-state index in [0.29, 0.717) is 12.2 Å². The van der Waals surface area contributed by atoms with Crippen molar-refractivity contribution in [1.82, 2.24) is 4.98 Å². The third-order valence-corrected chi connectivity index (χ3v) is 3.42. The quantitative estimate of drug-likeness (QED) is 0.837. The summed E-state index contributed by atoms with van der Waals surface area (Å²) in [6.07, 6.45) is 3.44. The Morgan fingerprint density at radius 2 is 1.95 bits per heavy atom. The number of ether oxygens (including phenoxy) is 1. The molecule has 0 aliphatic heterocycles. The van der Waals surface area contributed by atoms with Gasteiger partial charge in [0, 0.05) is 6.20 Å². The monoisotopic (exact) mass is 278 g/mol. The number of aromatic nitrogens is 1. The fourth-order valence-electron chi connectivity index (χ4n) is 2.13. The Hall–Kier alpha value is -1.58. The molecule has 1 N–H and O–H groups in total. The summed E-state index contributed by atoms with van der Waals surface area (Å²) >= 11 is 0. The van der Waals surface area contributed by atoms with Crippen LogP contribution in [0, 0.1) is 0 Å².